The van der Waals surface area contributed by atoms with E-state index in [1.807, 2.05) is 24.3 Å². The fourth-order valence-corrected chi connectivity index (χ4v) is 2.36. The van der Waals surface area contributed by atoms with Crippen molar-refractivity contribution in [3.05, 3.63) is 59.4 Å². The molecule has 0 unspecified atom stereocenters. The minimum absolute atomic E-state index is 0.199. The number of aryl methyl sites for hydroxylation is 1. The summed E-state index contributed by atoms with van der Waals surface area (Å²) in [5, 5.41) is 0. The molecule has 1 aliphatic rings. The highest BCUT2D eigenvalue weighted by Gasteiger charge is 2.18. The lowest BCUT2D eigenvalue weighted by atomic mass is 10.1. The summed E-state index contributed by atoms with van der Waals surface area (Å²) >= 11 is 0. The predicted molar refractivity (Wildman–Crippen MR) is 70.3 cm³/mol. The maximum Gasteiger partial charge on any atom is 0.130 e. The summed E-state index contributed by atoms with van der Waals surface area (Å²) < 4.78 is 5.75. The Bertz CT molecular complexity index is 539. The van der Waals surface area contributed by atoms with Crippen LogP contribution in [0.2, 0.25) is 0 Å². The van der Waals surface area contributed by atoms with E-state index in [1.165, 1.54) is 11.1 Å². The van der Waals surface area contributed by atoms with Crippen LogP contribution in [0, 0.1) is 0 Å². The van der Waals surface area contributed by atoms with E-state index in [4.69, 9.17) is 10.5 Å². The normalized spacial score (nSPS) is 17.5. The van der Waals surface area contributed by atoms with Gasteiger partial charge in [-0.2, -0.15) is 0 Å². The van der Waals surface area contributed by atoms with Crippen LogP contribution >= 0.6 is 0 Å². The van der Waals surface area contributed by atoms with E-state index in [9.17, 15) is 0 Å². The Kier molecular flexibility index (Phi) is 2.99. The molecule has 3 rings (SSSR count). The molecule has 1 aromatic heterocycles. The summed E-state index contributed by atoms with van der Waals surface area (Å²) in [7, 11) is 0. The van der Waals surface area contributed by atoms with Gasteiger partial charge >= 0.3 is 0 Å². The van der Waals surface area contributed by atoms with E-state index < -0.39 is 0 Å². The molecule has 0 aliphatic heterocycles. The van der Waals surface area contributed by atoms with Crippen molar-refractivity contribution < 1.29 is 4.74 Å². The maximum atomic E-state index is 6.01. The molecule has 2 aromatic rings. The molecule has 3 heteroatoms. The van der Waals surface area contributed by atoms with Gasteiger partial charge in [-0.1, -0.05) is 12.1 Å². The van der Waals surface area contributed by atoms with Crippen molar-refractivity contribution in [2.75, 3.05) is 0 Å². The standard InChI is InChI=1S/C15H16N2O/c16-15-7-4-11-9-13(5-6-14(11)15)18-10-12-3-1-2-8-17-12/h1-3,5-6,8-9,15H,4,7,10,16H2/t15-/m1/s1. The number of benzene rings is 1. The molecule has 0 saturated heterocycles. The van der Waals surface area contributed by atoms with E-state index in [0.717, 1.165) is 24.3 Å². The summed E-state index contributed by atoms with van der Waals surface area (Å²) in [6, 6.07) is 12.2. The maximum absolute atomic E-state index is 6.01. The average molecular weight is 240 g/mol. The smallest absolute Gasteiger partial charge is 0.130 e. The first kappa shape index (κ1) is 11.2. The highest BCUT2D eigenvalue weighted by molar-refractivity contribution is 5.40. The van der Waals surface area contributed by atoms with Crippen molar-refractivity contribution in [3.63, 3.8) is 0 Å². The fourth-order valence-electron chi connectivity index (χ4n) is 2.36. The van der Waals surface area contributed by atoms with Crippen LogP contribution in [0.1, 0.15) is 29.3 Å². The van der Waals surface area contributed by atoms with Crippen molar-refractivity contribution in [1.29, 1.82) is 0 Å². The van der Waals surface area contributed by atoms with Gasteiger partial charge in [-0.25, -0.2) is 0 Å². The van der Waals surface area contributed by atoms with E-state index >= 15 is 0 Å². The van der Waals surface area contributed by atoms with Gasteiger partial charge in [-0.3, -0.25) is 4.98 Å². The number of nitrogens with two attached hydrogens (primary N) is 1. The van der Waals surface area contributed by atoms with Gasteiger partial charge in [0, 0.05) is 12.2 Å². The first-order valence-electron chi connectivity index (χ1n) is 6.24. The molecule has 1 aromatic carbocycles. The van der Waals surface area contributed by atoms with Gasteiger partial charge in [0.15, 0.2) is 0 Å². The predicted octanol–water partition coefficient (Wildman–Crippen LogP) is 2.61. The number of pyridine rings is 1. The molecular formula is C15H16N2O. The molecule has 18 heavy (non-hydrogen) atoms. The van der Waals surface area contributed by atoms with Crippen LogP contribution in [0.5, 0.6) is 5.75 Å². The lowest BCUT2D eigenvalue weighted by molar-refractivity contribution is 0.301. The van der Waals surface area contributed by atoms with Crippen molar-refractivity contribution >= 4 is 0 Å². The Morgan fingerprint density at radius 2 is 2.22 bits per heavy atom. The highest BCUT2D eigenvalue weighted by atomic mass is 16.5. The molecule has 3 nitrogen and oxygen atoms in total. The number of aromatic nitrogens is 1. The number of rotatable bonds is 3. The van der Waals surface area contributed by atoms with Crippen molar-refractivity contribution in [2.24, 2.45) is 5.73 Å². The molecule has 0 spiro atoms. The first-order valence-corrected chi connectivity index (χ1v) is 6.24. The largest absolute Gasteiger partial charge is 0.487 e. The Balaban J connectivity index is 1.71. The van der Waals surface area contributed by atoms with Crippen LogP contribution in [0.4, 0.5) is 0 Å². The number of fused-ring (bicyclic) bond motifs is 1. The summed E-state index contributed by atoms with van der Waals surface area (Å²) in [5.41, 5.74) is 9.53. The Labute approximate surface area is 107 Å². The molecule has 0 bridgehead atoms. The molecule has 1 heterocycles. The Morgan fingerprint density at radius 3 is 3.06 bits per heavy atom. The van der Waals surface area contributed by atoms with Crippen LogP contribution in [0.25, 0.3) is 0 Å². The topological polar surface area (TPSA) is 48.1 Å². The van der Waals surface area contributed by atoms with Crippen LogP contribution in [0.15, 0.2) is 42.6 Å². The third-order valence-electron chi connectivity index (χ3n) is 3.35. The number of hydrogen-bond donors (Lipinski definition) is 1. The summed E-state index contributed by atoms with van der Waals surface area (Å²) in [6.45, 7) is 0.506. The SMILES string of the molecule is N[C@@H]1CCc2cc(OCc3ccccn3)ccc21. The number of hydrogen-bond acceptors (Lipinski definition) is 3. The van der Waals surface area contributed by atoms with Crippen LogP contribution in [-0.4, -0.2) is 4.98 Å². The molecule has 0 amide bonds. The molecule has 0 radical (unpaired) electrons. The second-order valence-corrected chi connectivity index (χ2v) is 4.62. The van der Waals surface area contributed by atoms with Gasteiger partial charge < -0.3 is 10.5 Å². The first-order chi connectivity index (χ1) is 8.83. The van der Waals surface area contributed by atoms with Crippen LogP contribution in [0.3, 0.4) is 0 Å². The minimum Gasteiger partial charge on any atom is -0.487 e. The second-order valence-electron chi connectivity index (χ2n) is 4.62. The number of nitrogens with zero attached hydrogens (tertiary/aromatic N) is 1. The van der Waals surface area contributed by atoms with Crippen molar-refractivity contribution in [1.82, 2.24) is 4.98 Å². The Hall–Kier alpha value is -1.87. The molecule has 1 aliphatic carbocycles. The molecule has 2 N–H and O–H groups in total. The van der Waals surface area contributed by atoms with E-state index in [-0.39, 0.29) is 6.04 Å². The fraction of sp³-hybridized carbons (Fsp3) is 0.267. The van der Waals surface area contributed by atoms with Gasteiger partial charge in [-0.05, 0) is 48.2 Å². The third kappa shape index (κ3) is 2.22. The molecule has 1 atom stereocenters. The van der Waals surface area contributed by atoms with Crippen LogP contribution in [-0.2, 0) is 13.0 Å². The number of ether oxygens (including phenoxy) is 1. The average Bonchev–Trinajstić information content (AvgIpc) is 2.79. The zero-order valence-electron chi connectivity index (χ0n) is 10.2. The van der Waals surface area contributed by atoms with Gasteiger partial charge in [0.05, 0.1) is 5.69 Å². The van der Waals surface area contributed by atoms with E-state index in [0.29, 0.717) is 6.61 Å². The summed E-state index contributed by atoms with van der Waals surface area (Å²) in [6.07, 6.45) is 3.87. The van der Waals surface area contributed by atoms with E-state index in [2.05, 4.69) is 17.1 Å². The zero-order valence-corrected chi connectivity index (χ0v) is 10.2. The molecule has 92 valence electrons. The van der Waals surface area contributed by atoms with Gasteiger partial charge in [0.1, 0.15) is 12.4 Å². The lowest BCUT2D eigenvalue weighted by Gasteiger charge is -2.09. The molecule has 0 fully saturated rings. The van der Waals surface area contributed by atoms with E-state index in [1.54, 1.807) is 6.20 Å². The van der Waals surface area contributed by atoms with Gasteiger partial charge in [0.2, 0.25) is 0 Å². The quantitative estimate of drug-likeness (QED) is 0.897. The minimum atomic E-state index is 0.199. The summed E-state index contributed by atoms with van der Waals surface area (Å²) in [4.78, 5) is 4.23. The third-order valence-corrected chi connectivity index (χ3v) is 3.35. The van der Waals surface area contributed by atoms with Gasteiger partial charge in [-0.15, -0.1) is 0 Å². The lowest BCUT2D eigenvalue weighted by Crippen LogP contribution is -2.05. The zero-order chi connectivity index (χ0) is 12.4. The molecular weight excluding hydrogens is 224 g/mol. The molecule has 0 saturated carbocycles. The second kappa shape index (κ2) is 4.78. The van der Waals surface area contributed by atoms with Crippen molar-refractivity contribution in [2.45, 2.75) is 25.5 Å². The van der Waals surface area contributed by atoms with Crippen LogP contribution < -0.4 is 10.5 Å². The van der Waals surface area contributed by atoms with Gasteiger partial charge in [0.25, 0.3) is 0 Å². The monoisotopic (exact) mass is 240 g/mol. The van der Waals surface area contributed by atoms with Crippen molar-refractivity contribution in [3.8, 4) is 5.75 Å². The summed E-state index contributed by atoms with van der Waals surface area (Å²) in [5.74, 6) is 0.897. The Morgan fingerprint density at radius 1 is 1.28 bits per heavy atom. The highest BCUT2D eigenvalue weighted by Crippen LogP contribution is 2.31.